The van der Waals surface area contributed by atoms with Gasteiger partial charge in [0.2, 0.25) is 0 Å². The Morgan fingerprint density at radius 1 is 1.11 bits per heavy atom. The molecular weight excluding hydrogens is 236 g/mol. The summed E-state index contributed by atoms with van der Waals surface area (Å²) in [6.45, 7) is 0. The maximum absolute atomic E-state index is 10.5. The lowest BCUT2D eigenvalue weighted by Crippen LogP contribution is -1.97. The molecule has 0 aliphatic carbocycles. The van der Waals surface area contributed by atoms with Crippen molar-refractivity contribution in [2.24, 2.45) is 0 Å². The number of carboxylic acid groups (broad SMARTS) is 1. The number of terminal acetylenes is 1. The van der Waals surface area contributed by atoms with Crippen molar-refractivity contribution in [3.63, 3.8) is 0 Å². The highest BCUT2D eigenvalue weighted by atomic mass is 16.4. The van der Waals surface area contributed by atoms with Crippen molar-refractivity contribution >= 4 is 5.97 Å². The highest BCUT2D eigenvalue weighted by molar-refractivity contribution is 5.68. The molecule has 0 saturated heterocycles. The summed E-state index contributed by atoms with van der Waals surface area (Å²) < 4.78 is 0. The molecule has 1 N–H and O–H groups in total. The lowest BCUT2D eigenvalue weighted by Gasteiger charge is -2.04. The first-order valence-electron chi connectivity index (χ1n) is 6.07. The number of benzene rings is 2. The Balaban J connectivity index is 2.18. The fraction of sp³-hybridized carbons (Fsp3) is 0.118. The Morgan fingerprint density at radius 2 is 1.84 bits per heavy atom. The van der Waals surface area contributed by atoms with E-state index in [2.05, 4.69) is 5.92 Å². The number of rotatable bonds is 4. The summed E-state index contributed by atoms with van der Waals surface area (Å²) >= 11 is 0. The zero-order chi connectivity index (χ0) is 13.7. The van der Waals surface area contributed by atoms with Crippen molar-refractivity contribution in [3.05, 3.63) is 59.7 Å². The van der Waals surface area contributed by atoms with Gasteiger partial charge in [0.25, 0.3) is 0 Å². The fourth-order valence-corrected chi connectivity index (χ4v) is 1.90. The number of aryl methyl sites for hydroxylation is 1. The van der Waals surface area contributed by atoms with Gasteiger partial charge in [0.15, 0.2) is 0 Å². The summed E-state index contributed by atoms with van der Waals surface area (Å²) in [5, 5.41) is 8.65. The minimum Gasteiger partial charge on any atom is -0.481 e. The van der Waals surface area contributed by atoms with Gasteiger partial charge in [-0.2, -0.15) is 0 Å². The van der Waals surface area contributed by atoms with Gasteiger partial charge < -0.3 is 5.11 Å². The van der Waals surface area contributed by atoms with Crippen molar-refractivity contribution in [1.82, 2.24) is 0 Å². The van der Waals surface area contributed by atoms with Crippen LogP contribution >= 0.6 is 0 Å². The van der Waals surface area contributed by atoms with Gasteiger partial charge in [-0.1, -0.05) is 42.3 Å². The van der Waals surface area contributed by atoms with Crippen LogP contribution in [0.4, 0.5) is 0 Å². The van der Waals surface area contributed by atoms with Gasteiger partial charge in [0.1, 0.15) is 0 Å². The summed E-state index contributed by atoms with van der Waals surface area (Å²) in [6, 6.07) is 15.7. The summed E-state index contributed by atoms with van der Waals surface area (Å²) in [6.07, 6.45) is 6.10. The first kappa shape index (κ1) is 12.9. The van der Waals surface area contributed by atoms with E-state index >= 15 is 0 Å². The van der Waals surface area contributed by atoms with Crippen LogP contribution in [0.15, 0.2) is 48.5 Å². The van der Waals surface area contributed by atoms with Gasteiger partial charge in [-0.3, -0.25) is 4.79 Å². The molecule has 19 heavy (non-hydrogen) atoms. The molecular formula is C17H14O2. The molecule has 0 fully saturated rings. The molecule has 0 aromatic heterocycles. The van der Waals surface area contributed by atoms with Gasteiger partial charge >= 0.3 is 5.97 Å². The van der Waals surface area contributed by atoms with Crippen molar-refractivity contribution in [3.8, 4) is 23.5 Å². The van der Waals surface area contributed by atoms with Crippen LogP contribution < -0.4 is 0 Å². The van der Waals surface area contributed by atoms with E-state index < -0.39 is 5.97 Å². The largest absolute Gasteiger partial charge is 0.481 e. The third kappa shape index (κ3) is 3.46. The van der Waals surface area contributed by atoms with Gasteiger partial charge in [0.05, 0.1) is 0 Å². The number of hydrogen-bond acceptors (Lipinski definition) is 1. The number of aliphatic carboxylic acids is 1. The van der Waals surface area contributed by atoms with Gasteiger partial charge in [0, 0.05) is 12.0 Å². The van der Waals surface area contributed by atoms with E-state index in [4.69, 9.17) is 11.5 Å². The van der Waals surface area contributed by atoms with Crippen LogP contribution in [0.1, 0.15) is 17.5 Å². The van der Waals surface area contributed by atoms with Gasteiger partial charge in [-0.25, -0.2) is 0 Å². The van der Waals surface area contributed by atoms with Crippen molar-refractivity contribution in [1.29, 1.82) is 0 Å². The molecule has 0 bridgehead atoms. The maximum atomic E-state index is 10.5. The zero-order valence-electron chi connectivity index (χ0n) is 10.5. The molecule has 94 valence electrons. The third-order valence-electron chi connectivity index (χ3n) is 2.94. The number of carbonyl (C=O) groups is 1. The molecule has 0 unspecified atom stereocenters. The molecule has 0 atom stereocenters. The normalized spacial score (nSPS) is 9.84. The molecule has 0 amide bonds. The molecule has 2 rings (SSSR count). The summed E-state index contributed by atoms with van der Waals surface area (Å²) in [5.41, 5.74) is 4.03. The van der Waals surface area contributed by atoms with Crippen molar-refractivity contribution in [2.75, 3.05) is 0 Å². The standard InChI is InChI=1S/C17H14O2/c1-2-13-4-3-5-16(12-13)15-9-6-14(7-10-15)8-11-17(18)19/h1,3-7,9-10,12H,8,11H2,(H,18,19). The molecule has 2 aromatic carbocycles. The maximum Gasteiger partial charge on any atom is 0.303 e. The predicted molar refractivity (Wildman–Crippen MR) is 75.8 cm³/mol. The van der Waals surface area contributed by atoms with Crippen LogP contribution in [0.2, 0.25) is 0 Å². The van der Waals surface area contributed by atoms with Crippen molar-refractivity contribution < 1.29 is 9.90 Å². The Bertz CT molecular complexity index is 618. The summed E-state index contributed by atoms with van der Waals surface area (Å²) in [4.78, 5) is 10.5. The smallest absolute Gasteiger partial charge is 0.303 e. The molecule has 2 heteroatoms. The summed E-state index contributed by atoms with van der Waals surface area (Å²) in [7, 11) is 0. The van der Waals surface area contributed by atoms with E-state index in [9.17, 15) is 4.79 Å². The van der Waals surface area contributed by atoms with Crippen LogP contribution in [-0.4, -0.2) is 11.1 Å². The minimum absolute atomic E-state index is 0.159. The first-order chi connectivity index (χ1) is 9.19. The van der Waals surface area contributed by atoms with E-state index in [1.54, 1.807) is 0 Å². The zero-order valence-corrected chi connectivity index (χ0v) is 10.5. The SMILES string of the molecule is C#Cc1cccc(-c2ccc(CCC(=O)O)cc2)c1. The molecule has 0 saturated carbocycles. The van der Waals surface area contributed by atoms with Gasteiger partial charge in [-0.15, -0.1) is 6.42 Å². The number of carboxylic acids is 1. The molecule has 2 aromatic rings. The van der Waals surface area contributed by atoms with E-state index in [1.807, 2.05) is 48.5 Å². The Kier molecular flexibility index (Phi) is 4.00. The average Bonchev–Trinajstić information content (AvgIpc) is 2.45. The van der Waals surface area contributed by atoms with E-state index in [1.165, 1.54) is 0 Å². The molecule has 2 nitrogen and oxygen atoms in total. The second kappa shape index (κ2) is 5.88. The topological polar surface area (TPSA) is 37.3 Å². The Hall–Kier alpha value is -2.53. The fourth-order valence-electron chi connectivity index (χ4n) is 1.90. The first-order valence-corrected chi connectivity index (χ1v) is 6.07. The van der Waals surface area contributed by atoms with Crippen LogP contribution in [0.25, 0.3) is 11.1 Å². The van der Waals surface area contributed by atoms with Crippen LogP contribution in [0.3, 0.4) is 0 Å². The summed E-state index contributed by atoms with van der Waals surface area (Å²) in [5.74, 6) is 1.84. The minimum atomic E-state index is -0.772. The molecule has 0 aliphatic heterocycles. The van der Waals surface area contributed by atoms with E-state index in [0.29, 0.717) is 6.42 Å². The highest BCUT2D eigenvalue weighted by Crippen LogP contribution is 2.21. The third-order valence-corrected chi connectivity index (χ3v) is 2.94. The molecule has 0 radical (unpaired) electrons. The van der Waals surface area contributed by atoms with Crippen LogP contribution in [-0.2, 0) is 11.2 Å². The Labute approximate surface area is 112 Å². The second-order valence-electron chi connectivity index (χ2n) is 4.32. The van der Waals surface area contributed by atoms with Crippen LogP contribution in [0, 0.1) is 12.3 Å². The van der Waals surface area contributed by atoms with E-state index in [-0.39, 0.29) is 6.42 Å². The number of hydrogen-bond donors (Lipinski definition) is 1. The molecule has 0 spiro atoms. The van der Waals surface area contributed by atoms with Crippen molar-refractivity contribution in [2.45, 2.75) is 12.8 Å². The highest BCUT2D eigenvalue weighted by Gasteiger charge is 2.01. The lowest BCUT2D eigenvalue weighted by atomic mass is 10.0. The quantitative estimate of drug-likeness (QED) is 0.845. The van der Waals surface area contributed by atoms with Gasteiger partial charge in [-0.05, 0) is 35.2 Å². The van der Waals surface area contributed by atoms with E-state index in [0.717, 1.165) is 22.3 Å². The lowest BCUT2D eigenvalue weighted by molar-refractivity contribution is -0.136. The molecule has 0 aliphatic rings. The second-order valence-corrected chi connectivity index (χ2v) is 4.32. The average molecular weight is 250 g/mol. The Morgan fingerprint density at radius 3 is 2.47 bits per heavy atom. The monoisotopic (exact) mass is 250 g/mol. The van der Waals surface area contributed by atoms with Crippen LogP contribution in [0.5, 0.6) is 0 Å². The molecule has 0 heterocycles. The predicted octanol–water partition coefficient (Wildman–Crippen LogP) is 3.35.